The van der Waals surface area contributed by atoms with Crippen molar-refractivity contribution in [2.75, 3.05) is 40.8 Å². The number of methoxy groups -OCH3 is 1. The van der Waals surface area contributed by atoms with Gasteiger partial charge in [0.15, 0.2) is 12.6 Å². The molecule has 4 rings (SSSR count). The molecule has 21 heteroatoms. The van der Waals surface area contributed by atoms with E-state index in [-0.39, 0.29) is 73.3 Å². The number of carbonyl (C=O) groups is 2. The van der Waals surface area contributed by atoms with Gasteiger partial charge < -0.3 is 64.2 Å². The molecule has 0 spiro atoms. The van der Waals surface area contributed by atoms with E-state index in [0.29, 0.717) is 6.42 Å². The number of likely N-dealkylation sites (N-methyl/N-ethyl adjacent to an activating group) is 1. The van der Waals surface area contributed by atoms with Gasteiger partial charge in [-0.15, -0.1) is 0 Å². The SMILES string of the molecule is CC[C@H]1OC(=O)[C@H](C)[C@@H](OC2C[C@](C)(OC)[C@H](O)[C@@H](C)O2)[C@@H](C)[C@@H](O[C@H]2O[C@@H](C)C[C@H](N(C)C)[C@@H]2O)[C@](C)(O)C[C@@H](C)CN(CCCNC(=O)NS(=O)(=O)c2ccccc2Cl)[C@H](C)[C@@H](O)[C@]1(C)O. The summed E-state index contributed by atoms with van der Waals surface area (Å²) in [6.07, 6.45) is -9.44. The molecule has 392 valence electrons. The third-order valence-corrected chi connectivity index (χ3v) is 16.1. The second-order valence-corrected chi connectivity index (χ2v) is 22.4. The number of halogens is 1. The van der Waals surface area contributed by atoms with Gasteiger partial charge in [0.1, 0.15) is 34.9 Å². The number of aliphatic hydroxyl groups excluding tert-OH is 3. The molecule has 0 radical (unpaired) electrons. The zero-order valence-electron chi connectivity index (χ0n) is 42.1. The Kier molecular flexibility index (Phi) is 20.5. The highest BCUT2D eigenvalue weighted by atomic mass is 35.5. The van der Waals surface area contributed by atoms with Crippen LogP contribution in [0, 0.1) is 17.8 Å². The number of carbonyl (C=O) groups excluding carboxylic acids is 2. The van der Waals surface area contributed by atoms with Gasteiger partial charge in [-0.2, -0.15) is 0 Å². The van der Waals surface area contributed by atoms with E-state index in [1.807, 2.05) is 42.5 Å². The van der Waals surface area contributed by atoms with Gasteiger partial charge in [0.05, 0.1) is 46.6 Å². The van der Waals surface area contributed by atoms with Gasteiger partial charge in [-0.3, -0.25) is 9.69 Å². The van der Waals surface area contributed by atoms with Crippen LogP contribution in [0.2, 0.25) is 5.02 Å². The fourth-order valence-corrected chi connectivity index (χ4v) is 11.7. The number of cyclic esters (lactones) is 1. The highest BCUT2D eigenvalue weighted by Crippen LogP contribution is 2.40. The van der Waals surface area contributed by atoms with E-state index in [2.05, 4.69) is 5.32 Å². The Hall–Kier alpha value is -2.28. The molecule has 0 aromatic heterocycles. The number of nitrogens with one attached hydrogen (secondary N) is 2. The van der Waals surface area contributed by atoms with E-state index in [1.165, 1.54) is 32.2 Å². The molecule has 18 atom stereocenters. The molecule has 1 aromatic carbocycles. The summed E-state index contributed by atoms with van der Waals surface area (Å²) in [6.45, 7) is 17.5. The lowest BCUT2D eigenvalue weighted by Gasteiger charge is -2.48. The van der Waals surface area contributed by atoms with Crippen LogP contribution in [0.15, 0.2) is 29.2 Å². The monoisotopic (exact) mass is 1010 g/mol. The number of esters is 1. The fourth-order valence-electron chi connectivity index (χ4n) is 10.3. The lowest BCUT2D eigenvalue weighted by Crippen LogP contribution is -2.60. The molecule has 7 N–H and O–H groups in total. The number of amides is 2. The summed E-state index contributed by atoms with van der Waals surface area (Å²) < 4.78 is 65.6. The van der Waals surface area contributed by atoms with Crippen molar-refractivity contribution in [1.29, 1.82) is 0 Å². The van der Waals surface area contributed by atoms with E-state index in [1.54, 1.807) is 54.5 Å². The van der Waals surface area contributed by atoms with Crippen molar-refractivity contribution in [1.82, 2.24) is 19.8 Å². The molecule has 2 amide bonds. The van der Waals surface area contributed by atoms with Crippen LogP contribution < -0.4 is 10.0 Å². The molecule has 19 nitrogen and oxygen atoms in total. The summed E-state index contributed by atoms with van der Waals surface area (Å²) in [7, 11) is 0.899. The lowest BCUT2D eigenvalue weighted by molar-refractivity contribution is -0.318. The molecule has 3 aliphatic rings. The molecule has 1 aromatic rings. The van der Waals surface area contributed by atoms with Crippen molar-refractivity contribution >= 4 is 33.6 Å². The normalized spacial score (nSPS) is 40.8. The molecule has 0 bridgehead atoms. The minimum atomic E-state index is -4.28. The number of rotatable bonds is 13. The zero-order chi connectivity index (χ0) is 51.3. The number of hydrogen-bond acceptors (Lipinski definition) is 17. The summed E-state index contributed by atoms with van der Waals surface area (Å²) in [5, 5.41) is 62.3. The summed E-state index contributed by atoms with van der Waals surface area (Å²) in [5.74, 6) is -3.11. The first kappa shape index (κ1) is 58.3. The van der Waals surface area contributed by atoms with Crippen LogP contribution in [0.4, 0.5) is 4.79 Å². The zero-order valence-corrected chi connectivity index (χ0v) is 43.7. The maximum atomic E-state index is 14.5. The van der Waals surface area contributed by atoms with Crippen LogP contribution in [0.25, 0.3) is 0 Å². The molecule has 3 fully saturated rings. The second kappa shape index (κ2) is 24.0. The largest absolute Gasteiger partial charge is 0.459 e. The van der Waals surface area contributed by atoms with Gasteiger partial charge in [-0.1, -0.05) is 44.5 Å². The Balaban J connectivity index is 1.73. The quantitative estimate of drug-likeness (QED) is 0.111. The lowest BCUT2D eigenvalue weighted by atomic mass is 9.77. The molecule has 3 saturated heterocycles. The summed E-state index contributed by atoms with van der Waals surface area (Å²) in [6, 6.07) is 3.59. The van der Waals surface area contributed by atoms with Crippen LogP contribution in [-0.2, 0) is 43.2 Å². The van der Waals surface area contributed by atoms with Crippen LogP contribution in [0.1, 0.15) is 101 Å². The molecule has 0 saturated carbocycles. The third kappa shape index (κ3) is 14.0. The van der Waals surface area contributed by atoms with Crippen molar-refractivity contribution in [3.8, 4) is 0 Å². The molecule has 3 aliphatic heterocycles. The average Bonchev–Trinajstić information content (AvgIpc) is 3.25. The maximum Gasteiger partial charge on any atom is 0.328 e. The Bertz CT molecular complexity index is 1920. The Morgan fingerprint density at radius 1 is 0.985 bits per heavy atom. The highest BCUT2D eigenvalue weighted by molar-refractivity contribution is 7.90. The van der Waals surface area contributed by atoms with Crippen molar-refractivity contribution in [3.05, 3.63) is 29.3 Å². The number of benzene rings is 1. The second-order valence-electron chi connectivity index (χ2n) is 20.4. The first-order valence-corrected chi connectivity index (χ1v) is 25.7. The Morgan fingerprint density at radius 2 is 1.63 bits per heavy atom. The minimum absolute atomic E-state index is 0.00957. The number of ether oxygens (including phenoxy) is 6. The topological polar surface area (TPSA) is 255 Å². The van der Waals surface area contributed by atoms with Crippen molar-refractivity contribution in [2.45, 2.75) is 197 Å². The van der Waals surface area contributed by atoms with Gasteiger partial charge in [0, 0.05) is 51.2 Å². The van der Waals surface area contributed by atoms with Crippen molar-refractivity contribution < 1.29 is 72.0 Å². The predicted octanol–water partition coefficient (Wildman–Crippen LogP) is 3.00. The number of aliphatic hydroxyl groups is 5. The summed E-state index contributed by atoms with van der Waals surface area (Å²) in [5.41, 5.74) is -4.81. The molecule has 68 heavy (non-hydrogen) atoms. The van der Waals surface area contributed by atoms with Crippen LogP contribution in [0.3, 0.4) is 0 Å². The molecular weight excluding hydrogens is 928 g/mol. The van der Waals surface area contributed by atoms with Gasteiger partial charge >= 0.3 is 12.0 Å². The summed E-state index contributed by atoms with van der Waals surface area (Å²) in [4.78, 5) is 30.9. The van der Waals surface area contributed by atoms with E-state index < -0.39 is 112 Å². The maximum absolute atomic E-state index is 14.5. The van der Waals surface area contributed by atoms with Gasteiger partial charge in [0.25, 0.3) is 10.0 Å². The Morgan fingerprint density at radius 3 is 2.24 bits per heavy atom. The van der Waals surface area contributed by atoms with Crippen molar-refractivity contribution in [2.24, 2.45) is 17.8 Å². The number of hydrogen-bond donors (Lipinski definition) is 7. The smallest absolute Gasteiger partial charge is 0.328 e. The first-order valence-electron chi connectivity index (χ1n) is 23.8. The van der Waals surface area contributed by atoms with Crippen molar-refractivity contribution in [3.63, 3.8) is 0 Å². The standard InChI is InChI=1S/C47H81ClN4O15S/c1-14-35-47(10,59)39(54)30(6)52(21-17-20-49-44(57)50-68(60,61)34-19-16-15-18-32(34)48)25-26(2)23-45(8,58)41(67-43-37(53)33(51(11)12)22-27(3)63-43)28(4)38(29(5)42(56)65-35)66-36-24-46(9,62-13)40(55)31(7)64-36/h15-16,18-19,26-31,33,35-41,43,53-55,58-59H,14,17,20-25H2,1-13H3,(H2,49,50,57)/t26-,27+,28-,29-,30-,31-,33+,35-,36?,37+,38+,39-,40-,41-,43-,45-,46+,47-/m1/s1. The van der Waals surface area contributed by atoms with Gasteiger partial charge in [-0.25, -0.2) is 17.9 Å². The fraction of sp³-hybridized carbons (Fsp3) is 0.830. The average molecular weight is 1010 g/mol. The van der Waals surface area contributed by atoms with Crippen LogP contribution >= 0.6 is 11.6 Å². The van der Waals surface area contributed by atoms with E-state index in [4.69, 9.17) is 40.0 Å². The Labute approximate surface area is 408 Å². The third-order valence-electron chi connectivity index (χ3n) is 14.3. The van der Waals surface area contributed by atoms with Crippen LogP contribution in [0.5, 0.6) is 0 Å². The first-order chi connectivity index (χ1) is 31.5. The van der Waals surface area contributed by atoms with E-state index in [9.17, 15) is 43.5 Å². The number of sulfonamides is 1. The molecule has 0 aliphatic carbocycles. The van der Waals surface area contributed by atoms with Gasteiger partial charge in [-0.05, 0) is 106 Å². The molecular formula is C47H81ClN4O15S. The number of nitrogens with zero attached hydrogens (tertiary/aromatic N) is 2. The highest BCUT2D eigenvalue weighted by Gasteiger charge is 2.53. The predicted molar refractivity (Wildman–Crippen MR) is 253 cm³/mol. The molecule has 1 unspecified atom stereocenters. The minimum Gasteiger partial charge on any atom is -0.459 e. The van der Waals surface area contributed by atoms with E-state index >= 15 is 0 Å². The van der Waals surface area contributed by atoms with E-state index in [0.717, 1.165) is 0 Å². The summed E-state index contributed by atoms with van der Waals surface area (Å²) >= 11 is 6.07. The molecule has 3 heterocycles. The van der Waals surface area contributed by atoms with Gasteiger partial charge in [0.2, 0.25) is 0 Å². The number of urea groups is 1. The van der Waals surface area contributed by atoms with Crippen LogP contribution in [-0.4, -0.2) is 187 Å².